The molecule has 6 heteroatoms. The van der Waals surface area contributed by atoms with E-state index in [0.29, 0.717) is 12.3 Å². The second-order valence-electron chi connectivity index (χ2n) is 10.7. The third-order valence-electron chi connectivity index (χ3n) is 6.56. The Labute approximate surface area is 212 Å². The molecule has 2 aliphatic rings. The molecular weight excluding hydrogens is 452 g/mol. The molecule has 3 aromatic carbocycles. The van der Waals surface area contributed by atoms with E-state index in [-0.39, 0.29) is 16.7 Å². The highest BCUT2D eigenvalue weighted by Crippen LogP contribution is 2.48. The van der Waals surface area contributed by atoms with Gasteiger partial charge in [0.25, 0.3) is 0 Å². The van der Waals surface area contributed by atoms with Crippen molar-refractivity contribution in [2.75, 3.05) is 11.9 Å². The first kappa shape index (κ1) is 23.9. The van der Waals surface area contributed by atoms with Crippen LogP contribution in [0.4, 0.5) is 11.4 Å². The number of carboxylic acids is 1. The number of aromatic carboxylic acids is 1. The molecule has 6 nitrogen and oxygen atoms in total. The normalized spacial score (nSPS) is 16.9. The summed E-state index contributed by atoms with van der Waals surface area (Å²) in [5, 5.41) is 13.1. The summed E-state index contributed by atoms with van der Waals surface area (Å²) < 4.78 is 12.4. The molecule has 186 valence electrons. The summed E-state index contributed by atoms with van der Waals surface area (Å²) in [7, 11) is 0. The monoisotopic (exact) mass is 484 g/mol. The highest BCUT2D eigenvalue weighted by Gasteiger charge is 2.40. The minimum absolute atomic E-state index is 0.208. The highest BCUT2D eigenvalue weighted by molar-refractivity contribution is 6.17. The van der Waals surface area contributed by atoms with Crippen molar-refractivity contribution in [2.45, 2.75) is 58.6 Å². The molecule has 0 amide bonds. The van der Waals surface area contributed by atoms with E-state index in [1.165, 1.54) is 5.56 Å². The van der Waals surface area contributed by atoms with Gasteiger partial charge in [-0.25, -0.2) is 4.79 Å². The second-order valence-corrected chi connectivity index (χ2v) is 10.7. The lowest BCUT2D eigenvalue weighted by molar-refractivity contribution is 0.0698. The van der Waals surface area contributed by atoms with Crippen LogP contribution in [-0.2, 0) is 12.8 Å². The van der Waals surface area contributed by atoms with Crippen LogP contribution in [0.15, 0.2) is 59.6 Å². The molecule has 0 fully saturated rings. The number of benzene rings is 3. The zero-order chi connectivity index (χ0) is 25.7. The maximum absolute atomic E-state index is 12.0. The van der Waals surface area contributed by atoms with Gasteiger partial charge >= 0.3 is 5.97 Å². The Morgan fingerprint density at radius 1 is 1.08 bits per heavy atom. The van der Waals surface area contributed by atoms with E-state index in [2.05, 4.69) is 39.1 Å². The molecule has 0 saturated heterocycles. The van der Waals surface area contributed by atoms with Crippen molar-refractivity contribution in [2.24, 2.45) is 4.99 Å². The molecule has 0 spiro atoms. The molecule has 0 bridgehead atoms. The lowest BCUT2D eigenvalue weighted by atomic mass is 9.80. The molecule has 5 rings (SSSR count). The summed E-state index contributed by atoms with van der Waals surface area (Å²) in [6.07, 6.45) is 1.52. The predicted octanol–water partition coefficient (Wildman–Crippen LogP) is 6.41. The molecule has 0 aromatic heterocycles. The van der Waals surface area contributed by atoms with Crippen LogP contribution in [0.5, 0.6) is 11.5 Å². The average Bonchev–Trinajstić information content (AvgIpc) is 3.13. The lowest BCUT2D eigenvalue weighted by Crippen LogP contribution is -2.30. The van der Waals surface area contributed by atoms with Gasteiger partial charge in [-0.15, -0.1) is 0 Å². The Kier molecular flexibility index (Phi) is 5.78. The van der Waals surface area contributed by atoms with Gasteiger partial charge in [0.2, 0.25) is 0 Å². The Morgan fingerprint density at radius 3 is 2.53 bits per heavy atom. The molecule has 2 N–H and O–H groups in total. The maximum Gasteiger partial charge on any atom is 0.337 e. The van der Waals surface area contributed by atoms with Gasteiger partial charge in [0.05, 0.1) is 29.1 Å². The molecule has 0 radical (unpaired) electrons. The Bertz CT molecular complexity index is 1370. The van der Waals surface area contributed by atoms with Crippen molar-refractivity contribution >= 4 is 23.1 Å². The fourth-order valence-electron chi connectivity index (χ4n) is 5.20. The van der Waals surface area contributed by atoms with Crippen LogP contribution in [0.1, 0.15) is 67.2 Å². The molecule has 0 aliphatic carbocycles. The number of aliphatic imine (C=N–C) groups is 1. The first-order chi connectivity index (χ1) is 17.1. The highest BCUT2D eigenvalue weighted by atomic mass is 16.5. The molecule has 3 aromatic rings. The van der Waals surface area contributed by atoms with Gasteiger partial charge in [0, 0.05) is 28.8 Å². The number of para-hydroxylation sites is 1. The number of anilines is 2. The van der Waals surface area contributed by atoms with Crippen molar-refractivity contribution in [3.63, 3.8) is 0 Å². The van der Waals surface area contributed by atoms with Gasteiger partial charge in [-0.2, -0.15) is 0 Å². The van der Waals surface area contributed by atoms with Gasteiger partial charge in [-0.1, -0.05) is 24.3 Å². The fraction of sp³-hybridized carbons (Fsp3) is 0.333. The fourth-order valence-corrected chi connectivity index (χ4v) is 5.20. The van der Waals surface area contributed by atoms with Crippen LogP contribution in [0.3, 0.4) is 0 Å². The average molecular weight is 485 g/mol. The molecule has 0 atom stereocenters. The molecule has 2 aliphatic heterocycles. The van der Waals surface area contributed by atoms with Gasteiger partial charge in [0.1, 0.15) is 5.60 Å². The second kappa shape index (κ2) is 8.70. The van der Waals surface area contributed by atoms with Crippen molar-refractivity contribution in [1.29, 1.82) is 0 Å². The van der Waals surface area contributed by atoms with E-state index in [9.17, 15) is 9.90 Å². The van der Waals surface area contributed by atoms with Crippen molar-refractivity contribution in [1.82, 2.24) is 0 Å². The van der Waals surface area contributed by atoms with Crippen LogP contribution < -0.4 is 14.8 Å². The van der Waals surface area contributed by atoms with Gasteiger partial charge in [-0.05, 0) is 76.9 Å². The van der Waals surface area contributed by atoms with E-state index in [1.54, 1.807) is 6.07 Å². The molecular formula is C30H32N2O4. The topological polar surface area (TPSA) is 80.2 Å². The van der Waals surface area contributed by atoms with Crippen LogP contribution >= 0.6 is 0 Å². The van der Waals surface area contributed by atoms with E-state index < -0.39 is 5.97 Å². The Hall–Kier alpha value is -3.80. The summed E-state index contributed by atoms with van der Waals surface area (Å²) in [4.78, 5) is 17.2. The van der Waals surface area contributed by atoms with Crippen molar-refractivity contribution in [3.05, 3.63) is 82.4 Å². The minimum atomic E-state index is -0.983. The Balaban J connectivity index is 1.69. The van der Waals surface area contributed by atoms with Crippen molar-refractivity contribution < 1.29 is 19.4 Å². The number of hydrogen-bond donors (Lipinski definition) is 2. The maximum atomic E-state index is 12.0. The summed E-state index contributed by atoms with van der Waals surface area (Å²) in [5.41, 5.74) is 5.95. The number of hydrogen-bond acceptors (Lipinski definition) is 5. The first-order valence-corrected chi connectivity index (χ1v) is 12.4. The molecule has 0 saturated carbocycles. The van der Waals surface area contributed by atoms with Crippen LogP contribution in [0.2, 0.25) is 0 Å². The zero-order valence-corrected chi connectivity index (χ0v) is 21.4. The molecule has 36 heavy (non-hydrogen) atoms. The largest absolute Gasteiger partial charge is 0.490 e. The van der Waals surface area contributed by atoms with E-state index >= 15 is 0 Å². The summed E-state index contributed by atoms with van der Waals surface area (Å²) in [6, 6.07) is 17.1. The SMILES string of the molecule is CCOc1cc2c(c3c1OC(C)(C)C3)C(c1ccc(C(=O)O)c(Nc3ccccc3)c1)=NC(C)(C)C2. The predicted molar refractivity (Wildman–Crippen MR) is 143 cm³/mol. The number of nitrogens with one attached hydrogen (secondary N) is 1. The number of carbonyl (C=O) groups is 1. The summed E-state index contributed by atoms with van der Waals surface area (Å²) in [5.74, 6) is 0.586. The minimum Gasteiger partial charge on any atom is -0.490 e. The number of nitrogens with zero attached hydrogens (tertiary/aromatic N) is 1. The van der Waals surface area contributed by atoms with Crippen LogP contribution in [0.25, 0.3) is 0 Å². The van der Waals surface area contributed by atoms with Gasteiger partial charge in [-0.3, -0.25) is 4.99 Å². The summed E-state index contributed by atoms with van der Waals surface area (Å²) >= 11 is 0. The van der Waals surface area contributed by atoms with E-state index in [1.807, 2.05) is 49.4 Å². The van der Waals surface area contributed by atoms with Crippen molar-refractivity contribution in [3.8, 4) is 11.5 Å². The molecule has 0 unspecified atom stereocenters. The van der Waals surface area contributed by atoms with Gasteiger partial charge < -0.3 is 19.9 Å². The standard InChI is InChI=1S/C30H32N2O4/c1-6-35-24-15-19-16-29(2,3)32-26(25(19)22-17-30(4,5)36-27(22)24)18-12-13-21(28(33)34)23(14-18)31-20-10-8-7-9-11-20/h7-15,31H,6,16-17H2,1-5H3,(H,33,34). The summed E-state index contributed by atoms with van der Waals surface area (Å²) in [6.45, 7) is 11.0. The zero-order valence-electron chi connectivity index (χ0n) is 21.4. The Morgan fingerprint density at radius 2 is 1.83 bits per heavy atom. The first-order valence-electron chi connectivity index (χ1n) is 12.4. The number of ether oxygens (including phenoxy) is 2. The molecule has 2 heterocycles. The van der Waals surface area contributed by atoms with E-state index in [0.717, 1.165) is 52.4 Å². The van der Waals surface area contributed by atoms with E-state index in [4.69, 9.17) is 14.5 Å². The number of rotatable bonds is 6. The number of fused-ring (bicyclic) bond motifs is 3. The smallest absolute Gasteiger partial charge is 0.337 e. The number of carboxylic acid groups (broad SMARTS) is 1. The lowest BCUT2D eigenvalue weighted by Gasteiger charge is -2.31. The third kappa shape index (κ3) is 4.43. The third-order valence-corrected chi connectivity index (χ3v) is 6.56. The van der Waals surface area contributed by atoms with Crippen LogP contribution in [0, 0.1) is 0 Å². The quantitative estimate of drug-likeness (QED) is 0.422. The van der Waals surface area contributed by atoms with Gasteiger partial charge in [0.15, 0.2) is 11.5 Å². The van der Waals surface area contributed by atoms with Crippen LogP contribution in [-0.4, -0.2) is 34.5 Å².